The van der Waals surface area contributed by atoms with Crippen LogP contribution in [0, 0.1) is 23.7 Å². The van der Waals surface area contributed by atoms with E-state index < -0.39 is 0 Å². The topological polar surface area (TPSA) is 12.0 Å². The predicted octanol–water partition coefficient (Wildman–Crippen LogP) is 2.81. The minimum atomic E-state index is 0.861. The Hall–Kier alpha value is -0.0400. The maximum Gasteiger partial charge on any atom is 0.00950 e. The first-order valence-corrected chi connectivity index (χ1v) is 6.55. The predicted molar refractivity (Wildman–Crippen MR) is 59.1 cm³/mol. The number of nitrogens with one attached hydrogen (secondary N) is 1. The summed E-state index contributed by atoms with van der Waals surface area (Å²) in [5, 5.41) is 3.55. The van der Waals surface area contributed by atoms with Crippen LogP contribution < -0.4 is 5.32 Å². The molecule has 80 valence electrons. The molecule has 1 heteroatoms. The molecular weight excluding hydrogens is 170 g/mol. The first-order valence-electron chi connectivity index (χ1n) is 6.55. The van der Waals surface area contributed by atoms with Crippen LogP contribution >= 0.6 is 0 Å². The summed E-state index contributed by atoms with van der Waals surface area (Å²) in [5.74, 6) is 4.39. The van der Waals surface area contributed by atoms with Crippen molar-refractivity contribution in [2.75, 3.05) is 7.05 Å². The highest BCUT2D eigenvalue weighted by Crippen LogP contribution is 2.53. The standard InChI is InChI=1S/C13H23N/c1-14-13-4-2-3-11(13)12-8-9-5-6-10(12)7-9/h9-14H,2-8H2,1H3. The van der Waals surface area contributed by atoms with Gasteiger partial charge in [0.25, 0.3) is 0 Å². The van der Waals surface area contributed by atoms with Crippen LogP contribution in [0.25, 0.3) is 0 Å². The van der Waals surface area contributed by atoms with Crippen molar-refractivity contribution in [3.63, 3.8) is 0 Å². The molecule has 0 aromatic carbocycles. The molecule has 0 spiro atoms. The molecular formula is C13H23N. The van der Waals surface area contributed by atoms with E-state index in [1.54, 1.807) is 25.7 Å². The molecule has 3 saturated carbocycles. The molecule has 3 aliphatic carbocycles. The Balaban J connectivity index is 1.70. The van der Waals surface area contributed by atoms with Gasteiger partial charge in [-0.05, 0) is 62.8 Å². The number of fused-ring (bicyclic) bond motifs is 2. The Morgan fingerprint density at radius 3 is 2.50 bits per heavy atom. The molecule has 1 nitrogen and oxygen atoms in total. The molecule has 0 amide bonds. The monoisotopic (exact) mass is 193 g/mol. The van der Waals surface area contributed by atoms with Gasteiger partial charge in [-0.2, -0.15) is 0 Å². The van der Waals surface area contributed by atoms with Crippen molar-refractivity contribution in [1.29, 1.82) is 0 Å². The van der Waals surface area contributed by atoms with Crippen LogP contribution in [0.1, 0.15) is 44.9 Å². The van der Waals surface area contributed by atoms with Crippen LogP contribution in [-0.2, 0) is 0 Å². The van der Waals surface area contributed by atoms with Gasteiger partial charge >= 0.3 is 0 Å². The van der Waals surface area contributed by atoms with E-state index in [2.05, 4.69) is 12.4 Å². The van der Waals surface area contributed by atoms with Crippen molar-refractivity contribution in [3.8, 4) is 0 Å². The molecule has 3 aliphatic rings. The molecule has 0 aromatic heterocycles. The third-order valence-electron chi connectivity index (χ3n) is 5.28. The molecule has 5 unspecified atom stereocenters. The minimum Gasteiger partial charge on any atom is -0.317 e. The highest BCUT2D eigenvalue weighted by atomic mass is 14.9. The molecule has 3 rings (SSSR count). The van der Waals surface area contributed by atoms with Crippen molar-refractivity contribution in [2.45, 2.75) is 51.0 Å². The second kappa shape index (κ2) is 3.52. The Morgan fingerprint density at radius 2 is 1.86 bits per heavy atom. The van der Waals surface area contributed by atoms with Gasteiger partial charge in [-0.3, -0.25) is 0 Å². The van der Waals surface area contributed by atoms with Gasteiger partial charge < -0.3 is 5.32 Å². The summed E-state index contributed by atoms with van der Waals surface area (Å²) < 4.78 is 0. The highest BCUT2D eigenvalue weighted by molar-refractivity contribution is 4.97. The smallest absolute Gasteiger partial charge is 0.00950 e. The lowest BCUT2D eigenvalue weighted by atomic mass is 9.77. The Kier molecular flexibility index (Phi) is 2.31. The zero-order valence-corrected chi connectivity index (χ0v) is 9.34. The fraction of sp³-hybridized carbons (Fsp3) is 1.00. The molecule has 3 fully saturated rings. The normalized spacial score (nSPS) is 51.6. The second-order valence-electron chi connectivity index (χ2n) is 5.83. The number of rotatable bonds is 2. The van der Waals surface area contributed by atoms with Crippen LogP contribution in [0.5, 0.6) is 0 Å². The lowest BCUT2D eigenvalue weighted by Gasteiger charge is -2.31. The molecule has 0 aromatic rings. The van der Waals surface area contributed by atoms with Crippen LogP contribution in [0.3, 0.4) is 0 Å². The van der Waals surface area contributed by atoms with Gasteiger partial charge in [-0.15, -0.1) is 0 Å². The molecule has 1 N–H and O–H groups in total. The zero-order valence-electron chi connectivity index (χ0n) is 9.34. The molecule has 0 aliphatic heterocycles. The van der Waals surface area contributed by atoms with E-state index in [0.29, 0.717) is 0 Å². The minimum absolute atomic E-state index is 0.861. The van der Waals surface area contributed by atoms with Crippen LogP contribution in [-0.4, -0.2) is 13.1 Å². The zero-order chi connectivity index (χ0) is 9.54. The van der Waals surface area contributed by atoms with Gasteiger partial charge in [-0.1, -0.05) is 12.8 Å². The summed E-state index contributed by atoms with van der Waals surface area (Å²) >= 11 is 0. The van der Waals surface area contributed by atoms with Gasteiger partial charge in [0, 0.05) is 6.04 Å². The van der Waals surface area contributed by atoms with Gasteiger partial charge in [0.2, 0.25) is 0 Å². The van der Waals surface area contributed by atoms with Gasteiger partial charge in [-0.25, -0.2) is 0 Å². The van der Waals surface area contributed by atoms with E-state index in [9.17, 15) is 0 Å². The van der Waals surface area contributed by atoms with Crippen LogP contribution in [0.4, 0.5) is 0 Å². The maximum absolute atomic E-state index is 3.55. The molecule has 5 atom stereocenters. The van der Waals surface area contributed by atoms with Crippen LogP contribution in [0.2, 0.25) is 0 Å². The van der Waals surface area contributed by atoms with E-state index >= 15 is 0 Å². The number of hydrogen-bond acceptors (Lipinski definition) is 1. The van der Waals surface area contributed by atoms with E-state index in [-0.39, 0.29) is 0 Å². The summed E-state index contributed by atoms with van der Waals surface area (Å²) in [7, 11) is 2.16. The molecule has 0 radical (unpaired) electrons. The number of hydrogen-bond donors (Lipinski definition) is 1. The summed E-state index contributed by atoms with van der Waals surface area (Å²) in [4.78, 5) is 0. The third kappa shape index (κ3) is 1.32. The van der Waals surface area contributed by atoms with Gasteiger partial charge in [0.1, 0.15) is 0 Å². The van der Waals surface area contributed by atoms with Crippen LogP contribution in [0.15, 0.2) is 0 Å². The first kappa shape index (κ1) is 9.21. The quantitative estimate of drug-likeness (QED) is 0.711. The first-order chi connectivity index (χ1) is 6.88. The highest BCUT2D eigenvalue weighted by Gasteiger charge is 2.45. The van der Waals surface area contributed by atoms with E-state index in [4.69, 9.17) is 0 Å². The van der Waals surface area contributed by atoms with E-state index in [1.807, 2.05) is 0 Å². The summed E-state index contributed by atoms with van der Waals surface area (Å²) in [6, 6.07) is 0.861. The second-order valence-corrected chi connectivity index (χ2v) is 5.83. The average molecular weight is 193 g/mol. The molecule has 14 heavy (non-hydrogen) atoms. The molecule has 0 heterocycles. The molecule has 2 bridgehead atoms. The van der Waals surface area contributed by atoms with E-state index in [1.165, 1.54) is 19.3 Å². The Labute approximate surface area is 87.7 Å². The lowest BCUT2D eigenvalue weighted by Crippen LogP contribution is -2.35. The fourth-order valence-corrected chi connectivity index (χ4v) is 4.68. The van der Waals surface area contributed by atoms with E-state index in [0.717, 1.165) is 29.7 Å². The fourth-order valence-electron chi connectivity index (χ4n) is 4.68. The summed E-state index contributed by atoms with van der Waals surface area (Å²) in [6.45, 7) is 0. The van der Waals surface area contributed by atoms with Crippen molar-refractivity contribution >= 4 is 0 Å². The third-order valence-corrected chi connectivity index (χ3v) is 5.28. The van der Waals surface area contributed by atoms with Crippen molar-refractivity contribution in [2.24, 2.45) is 23.7 Å². The molecule has 0 saturated heterocycles. The maximum atomic E-state index is 3.55. The SMILES string of the molecule is CNC1CCCC1C1CC2CCC1C2. The van der Waals surface area contributed by atoms with Gasteiger partial charge in [0.15, 0.2) is 0 Å². The Bertz CT molecular complexity index is 209. The van der Waals surface area contributed by atoms with Crippen molar-refractivity contribution in [1.82, 2.24) is 5.32 Å². The Morgan fingerprint density at radius 1 is 0.929 bits per heavy atom. The van der Waals surface area contributed by atoms with Crippen molar-refractivity contribution < 1.29 is 0 Å². The summed E-state index contributed by atoms with van der Waals surface area (Å²) in [6.07, 6.45) is 10.7. The largest absolute Gasteiger partial charge is 0.317 e. The van der Waals surface area contributed by atoms with Gasteiger partial charge in [0.05, 0.1) is 0 Å². The lowest BCUT2D eigenvalue weighted by molar-refractivity contribution is 0.203. The summed E-state index contributed by atoms with van der Waals surface area (Å²) in [5.41, 5.74) is 0. The average Bonchev–Trinajstić information content (AvgIpc) is 2.92. The van der Waals surface area contributed by atoms with Crippen molar-refractivity contribution in [3.05, 3.63) is 0 Å².